The van der Waals surface area contributed by atoms with E-state index in [4.69, 9.17) is 0 Å². The van der Waals surface area contributed by atoms with Crippen molar-refractivity contribution >= 4 is 5.91 Å². The van der Waals surface area contributed by atoms with Crippen LogP contribution in [-0.4, -0.2) is 33.9 Å². The lowest BCUT2D eigenvalue weighted by Crippen LogP contribution is -2.12. The number of aromatic nitrogens is 2. The van der Waals surface area contributed by atoms with Gasteiger partial charge in [0.15, 0.2) is 0 Å². The van der Waals surface area contributed by atoms with Gasteiger partial charge in [0.05, 0.1) is 0 Å². The number of nitrogens with one attached hydrogen (secondary N) is 2. The zero-order chi connectivity index (χ0) is 7.84. The molecule has 0 aromatic carbocycles. The number of carbonyl (C=O) groups is 1. The Bertz CT molecular complexity index is 334. The summed E-state index contributed by atoms with van der Waals surface area (Å²) in [7, 11) is 0. The smallest absolute Gasteiger partial charge is 0.323 e. The van der Waals surface area contributed by atoms with Gasteiger partial charge in [-0.25, -0.2) is 4.79 Å². The minimum Gasteiger partial charge on any atom is -0.334 e. The fourth-order valence-electron chi connectivity index (χ4n) is 0.871. The summed E-state index contributed by atoms with van der Waals surface area (Å²) in [6, 6.07) is 0. The van der Waals surface area contributed by atoms with E-state index < -0.39 is 0 Å². The van der Waals surface area contributed by atoms with Crippen molar-refractivity contribution in [3.63, 3.8) is 0 Å². The molecule has 11 heavy (non-hydrogen) atoms. The van der Waals surface area contributed by atoms with E-state index >= 15 is 0 Å². The SMILES string of the molecule is O=C(c1c[nH]c(=O)[nH]1)N1CC1. The molecule has 0 spiro atoms. The molecule has 1 aromatic heterocycles. The van der Waals surface area contributed by atoms with Crippen LogP contribution >= 0.6 is 0 Å². The molecule has 0 bridgehead atoms. The van der Waals surface area contributed by atoms with Crippen LogP contribution in [0.5, 0.6) is 0 Å². The summed E-state index contributed by atoms with van der Waals surface area (Å²) in [5, 5.41) is 0. The minimum atomic E-state index is -0.338. The van der Waals surface area contributed by atoms with Crippen LogP contribution in [0.25, 0.3) is 0 Å². The Morgan fingerprint density at radius 3 is 2.73 bits per heavy atom. The van der Waals surface area contributed by atoms with E-state index in [-0.39, 0.29) is 11.6 Å². The van der Waals surface area contributed by atoms with Crippen molar-refractivity contribution in [2.24, 2.45) is 0 Å². The van der Waals surface area contributed by atoms with Gasteiger partial charge in [0.1, 0.15) is 5.69 Å². The lowest BCUT2D eigenvalue weighted by Gasteiger charge is -1.94. The van der Waals surface area contributed by atoms with Gasteiger partial charge in [-0.05, 0) is 0 Å². The molecule has 5 nitrogen and oxygen atoms in total. The molecule has 1 aliphatic rings. The first kappa shape index (κ1) is 6.21. The normalized spacial score (nSPS) is 15.1. The highest BCUT2D eigenvalue weighted by atomic mass is 16.2. The van der Waals surface area contributed by atoms with Gasteiger partial charge < -0.3 is 14.9 Å². The van der Waals surface area contributed by atoms with E-state index in [2.05, 4.69) is 9.97 Å². The van der Waals surface area contributed by atoms with Crippen molar-refractivity contribution in [2.45, 2.75) is 0 Å². The van der Waals surface area contributed by atoms with Gasteiger partial charge in [-0.1, -0.05) is 0 Å². The maximum Gasteiger partial charge on any atom is 0.323 e. The molecule has 2 N–H and O–H groups in total. The van der Waals surface area contributed by atoms with E-state index in [0.717, 1.165) is 13.1 Å². The summed E-state index contributed by atoms with van der Waals surface area (Å²) in [5.41, 5.74) is 0.00250. The number of nitrogens with zero attached hydrogens (tertiary/aromatic N) is 1. The highest BCUT2D eigenvalue weighted by molar-refractivity contribution is 5.93. The predicted octanol–water partition coefficient (Wildman–Crippen LogP) is -0.841. The third kappa shape index (κ3) is 1.04. The van der Waals surface area contributed by atoms with Gasteiger partial charge in [-0.3, -0.25) is 4.79 Å². The van der Waals surface area contributed by atoms with Crippen molar-refractivity contribution in [1.29, 1.82) is 0 Å². The van der Waals surface area contributed by atoms with Crippen molar-refractivity contribution in [3.8, 4) is 0 Å². The van der Waals surface area contributed by atoms with Gasteiger partial charge >= 0.3 is 5.69 Å². The van der Waals surface area contributed by atoms with Crippen LogP contribution in [0.4, 0.5) is 0 Å². The second-order valence-electron chi connectivity index (χ2n) is 2.45. The van der Waals surface area contributed by atoms with Gasteiger partial charge in [0.2, 0.25) is 0 Å². The number of amides is 1. The largest absolute Gasteiger partial charge is 0.334 e. The molecule has 58 valence electrons. The first-order valence-corrected chi connectivity index (χ1v) is 3.34. The average Bonchev–Trinajstić information content (AvgIpc) is 2.74. The molecule has 0 unspecified atom stereocenters. The molecule has 1 amide bonds. The Hall–Kier alpha value is -1.52. The van der Waals surface area contributed by atoms with Gasteiger partial charge in [-0.2, -0.15) is 0 Å². The Balaban J connectivity index is 2.27. The van der Waals surface area contributed by atoms with Gasteiger partial charge in [0, 0.05) is 19.3 Å². The van der Waals surface area contributed by atoms with Crippen LogP contribution in [-0.2, 0) is 0 Å². The Labute approximate surface area is 62.0 Å². The van der Waals surface area contributed by atoms with E-state index in [1.54, 1.807) is 4.90 Å². The summed E-state index contributed by atoms with van der Waals surface area (Å²) in [4.78, 5) is 28.1. The fourth-order valence-corrected chi connectivity index (χ4v) is 0.871. The number of hydrogen-bond donors (Lipinski definition) is 2. The van der Waals surface area contributed by atoms with Crippen LogP contribution < -0.4 is 5.69 Å². The number of aromatic amines is 2. The van der Waals surface area contributed by atoms with Gasteiger partial charge in [0.25, 0.3) is 5.91 Å². The lowest BCUT2D eigenvalue weighted by molar-refractivity contribution is 0.0880. The number of hydrogen-bond acceptors (Lipinski definition) is 2. The highest BCUT2D eigenvalue weighted by Crippen LogP contribution is 2.07. The Morgan fingerprint density at radius 1 is 1.55 bits per heavy atom. The summed E-state index contributed by atoms with van der Waals surface area (Å²) >= 11 is 0. The highest BCUT2D eigenvalue weighted by Gasteiger charge is 2.26. The first-order valence-electron chi connectivity index (χ1n) is 3.34. The van der Waals surface area contributed by atoms with Crippen LogP contribution in [0.1, 0.15) is 10.5 Å². The summed E-state index contributed by atoms with van der Waals surface area (Å²) < 4.78 is 0. The van der Waals surface area contributed by atoms with Crippen molar-refractivity contribution in [3.05, 3.63) is 22.4 Å². The maximum atomic E-state index is 11.2. The van der Waals surface area contributed by atoms with E-state index in [9.17, 15) is 9.59 Å². The number of rotatable bonds is 1. The molecule has 0 atom stereocenters. The maximum absolute atomic E-state index is 11.2. The minimum absolute atomic E-state index is 0.108. The third-order valence-electron chi connectivity index (χ3n) is 1.56. The molecule has 2 rings (SSSR count). The second-order valence-corrected chi connectivity index (χ2v) is 2.45. The van der Waals surface area contributed by atoms with Crippen LogP contribution in [0.3, 0.4) is 0 Å². The molecule has 1 saturated heterocycles. The zero-order valence-corrected chi connectivity index (χ0v) is 5.76. The monoisotopic (exact) mass is 153 g/mol. The molecule has 5 heteroatoms. The van der Waals surface area contributed by atoms with Crippen molar-refractivity contribution < 1.29 is 4.79 Å². The molecular formula is C6H7N3O2. The molecule has 1 fully saturated rings. The van der Waals surface area contributed by atoms with E-state index in [1.165, 1.54) is 6.20 Å². The predicted molar refractivity (Wildman–Crippen MR) is 37.3 cm³/mol. The second kappa shape index (κ2) is 1.98. The number of imidazole rings is 1. The summed E-state index contributed by atoms with van der Waals surface area (Å²) in [6.45, 7) is 1.60. The zero-order valence-electron chi connectivity index (χ0n) is 5.76. The summed E-state index contributed by atoms with van der Waals surface area (Å²) in [5.74, 6) is -0.108. The molecule has 0 aliphatic carbocycles. The summed E-state index contributed by atoms with van der Waals surface area (Å²) in [6.07, 6.45) is 1.39. The topological polar surface area (TPSA) is 68.7 Å². The lowest BCUT2D eigenvalue weighted by atomic mass is 10.4. The van der Waals surface area contributed by atoms with E-state index in [1.807, 2.05) is 0 Å². The molecule has 2 heterocycles. The van der Waals surface area contributed by atoms with Crippen molar-refractivity contribution in [2.75, 3.05) is 13.1 Å². The molecule has 1 aliphatic heterocycles. The molecule has 0 radical (unpaired) electrons. The average molecular weight is 153 g/mol. The molecule has 1 aromatic rings. The van der Waals surface area contributed by atoms with Crippen LogP contribution in [0, 0.1) is 0 Å². The molecular weight excluding hydrogens is 146 g/mol. The molecule has 0 saturated carbocycles. The Morgan fingerprint density at radius 2 is 2.27 bits per heavy atom. The third-order valence-corrected chi connectivity index (χ3v) is 1.56. The van der Waals surface area contributed by atoms with Gasteiger partial charge in [-0.15, -0.1) is 0 Å². The number of H-pyrrole nitrogens is 2. The standard InChI is InChI=1S/C6H7N3O2/c10-5(9-1-2-9)4-3-7-6(11)8-4/h3H,1-2H2,(H2,7,8,11). The van der Waals surface area contributed by atoms with E-state index in [0.29, 0.717) is 5.69 Å². The Kier molecular flexibility index (Phi) is 1.12. The number of carbonyl (C=O) groups excluding carboxylic acids is 1. The first-order chi connectivity index (χ1) is 5.27. The van der Waals surface area contributed by atoms with Crippen LogP contribution in [0.2, 0.25) is 0 Å². The quantitative estimate of drug-likeness (QED) is 0.516. The fraction of sp³-hybridized carbons (Fsp3) is 0.333. The van der Waals surface area contributed by atoms with Crippen molar-refractivity contribution in [1.82, 2.24) is 14.9 Å². The van der Waals surface area contributed by atoms with Crippen LogP contribution in [0.15, 0.2) is 11.0 Å².